The maximum absolute atomic E-state index is 2.38. The summed E-state index contributed by atoms with van der Waals surface area (Å²) >= 11 is 4.35. The van der Waals surface area contributed by atoms with Gasteiger partial charge in [-0.1, -0.05) is 13.8 Å². The van der Waals surface area contributed by atoms with Crippen LogP contribution in [0.1, 0.15) is 13.8 Å². The average Bonchev–Trinajstić information content (AvgIpc) is 1.89. The molecule has 0 nitrogen and oxygen atoms in total. The zero-order valence-electron chi connectivity index (χ0n) is 5.13. The summed E-state index contributed by atoms with van der Waals surface area (Å²) < 4.78 is 1.94. The molecule has 2 unspecified atom stereocenters. The molecule has 0 aromatic carbocycles. The lowest BCUT2D eigenvalue weighted by molar-refractivity contribution is 0.491. The van der Waals surface area contributed by atoms with Crippen molar-refractivity contribution in [1.29, 1.82) is 0 Å². The van der Waals surface area contributed by atoms with Crippen LogP contribution in [-0.2, 0) is 0 Å². The molecule has 0 aromatic heterocycles. The lowest BCUT2D eigenvalue weighted by atomic mass is 10.0. The first-order valence-electron chi connectivity index (χ1n) is 3.10. The van der Waals surface area contributed by atoms with Gasteiger partial charge in [0, 0.05) is 0 Å². The van der Waals surface area contributed by atoms with E-state index in [0.717, 1.165) is 21.0 Å². The number of thioether (sulfide) groups is 2. The first-order chi connectivity index (χ1) is 3.79. The van der Waals surface area contributed by atoms with Crippen LogP contribution < -0.4 is 0 Å². The fourth-order valence-electron chi connectivity index (χ4n) is 1.27. The minimum atomic E-state index is 0.968. The molecule has 3 aliphatic heterocycles. The van der Waals surface area contributed by atoms with Crippen molar-refractivity contribution >= 4 is 23.5 Å². The van der Waals surface area contributed by atoms with Crippen LogP contribution >= 0.6 is 23.5 Å². The number of fused-ring (bicyclic) bond motifs is 1. The van der Waals surface area contributed by atoms with Gasteiger partial charge >= 0.3 is 0 Å². The zero-order chi connectivity index (χ0) is 5.72. The Bertz CT molecular complexity index is 95.1. The minimum Gasteiger partial charge on any atom is -0.133 e. The van der Waals surface area contributed by atoms with E-state index in [9.17, 15) is 0 Å². The van der Waals surface area contributed by atoms with Crippen molar-refractivity contribution in [2.24, 2.45) is 11.8 Å². The van der Waals surface area contributed by atoms with Crippen LogP contribution in [0.25, 0.3) is 0 Å². The van der Waals surface area contributed by atoms with Gasteiger partial charge in [0.15, 0.2) is 0 Å². The first-order valence-corrected chi connectivity index (χ1v) is 4.98. The van der Waals surface area contributed by atoms with Crippen molar-refractivity contribution < 1.29 is 0 Å². The van der Waals surface area contributed by atoms with E-state index in [1.54, 1.807) is 0 Å². The molecule has 3 saturated heterocycles. The van der Waals surface area contributed by atoms with Gasteiger partial charge in [-0.3, -0.25) is 0 Å². The van der Waals surface area contributed by atoms with Crippen LogP contribution in [0.15, 0.2) is 0 Å². The normalized spacial score (nSPS) is 60.8. The van der Waals surface area contributed by atoms with Crippen molar-refractivity contribution in [3.8, 4) is 0 Å². The van der Waals surface area contributed by atoms with Gasteiger partial charge in [0.05, 0.1) is 9.16 Å². The Hall–Kier alpha value is 0.700. The molecular weight excluding hydrogens is 136 g/mol. The second-order valence-electron chi connectivity index (χ2n) is 2.73. The summed E-state index contributed by atoms with van der Waals surface area (Å²) in [5.74, 6) is 1.96. The summed E-state index contributed by atoms with van der Waals surface area (Å²) in [4.78, 5) is 0. The molecule has 0 spiro atoms. The molecule has 0 amide bonds. The third-order valence-electron chi connectivity index (χ3n) is 2.22. The maximum Gasteiger partial charge on any atom is 0.0553 e. The zero-order valence-corrected chi connectivity index (χ0v) is 6.76. The lowest BCUT2D eigenvalue weighted by Gasteiger charge is -2.22. The Balaban J connectivity index is 2.16. The summed E-state index contributed by atoms with van der Waals surface area (Å²) in [5, 5.41) is 0. The third-order valence-corrected chi connectivity index (χ3v) is 6.35. The molecule has 0 aromatic rings. The van der Waals surface area contributed by atoms with E-state index in [4.69, 9.17) is 0 Å². The Kier molecular flexibility index (Phi) is 1.10. The second-order valence-corrected chi connectivity index (χ2v) is 5.90. The van der Waals surface area contributed by atoms with Gasteiger partial charge in [-0.15, -0.1) is 23.5 Å². The molecular formula is C6H10S2. The molecule has 0 saturated carbocycles. The number of hydrogen-bond acceptors (Lipinski definition) is 2. The highest BCUT2D eigenvalue weighted by Gasteiger charge is 2.49. The van der Waals surface area contributed by atoms with Crippen LogP contribution in [0.2, 0.25) is 0 Å². The molecule has 2 heteroatoms. The Morgan fingerprint density at radius 1 is 0.875 bits per heavy atom. The highest BCUT2D eigenvalue weighted by atomic mass is 32.3. The number of rotatable bonds is 0. The van der Waals surface area contributed by atoms with Crippen molar-refractivity contribution in [2.75, 3.05) is 0 Å². The molecule has 0 radical (unpaired) electrons. The molecule has 3 fully saturated rings. The summed E-state index contributed by atoms with van der Waals surface area (Å²) in [6, 6.07) is 0. The minimum absolute atomic E-state index is 0.968. The number of hydrogen-bond donors (Lipinski definition) is 0. The van der Waals surface area contributed by atoms with Gasteiger partial charge in [0.25, 0.3) is 0 Å². The van der Waals surface area contributed by atoms with Gasteiger partial charge < -0.3 is 0 Å². The average molecular weight is 146 g/mol. The Morgan fingerprint density at radius 2 is 1.25 bits per heavy atom. The van der Waals surface area contributed by atoms with Crippen molar-refractivity contribution in [3.63, 3.8) is 0 Å². The van der Waals surface area contributed by atoms with E-state index in [2.05, 4.69) is 37.4 Å². The Labute approximate surface area is 58.8 Å². The van der Waals surface area contributed by atoms with Crippen LogP contribution in [0.5, 0.6) is 0 Å². The molecule has 8 heavy (non-hydrogen) atoms. The molecule has 0 aliphatic carbocycles. The summed E-state index contributed by atoms with van der Waals surface area (Å²) in [5.41, 5.74) is 0. The quantitative estimate of drug-likeness (QED) is 0.514. The van der Waals surface area contributed by atoms with Gasteiger partial charge in [-0.2, -0.15) is 0 Å². The highest BCUT2D eigenvalue weighted by Crippen LogP contribution is 2.63. The highest BCUT2D eigenvalue weighted by molar-refractivity contribution is 8.33. The Morgan fingerprint density at radius 3 is 1.38 bits per heavy atom. The van der Waals surface area contributed by atoms with Crippen LogP contribution in [-0.4, -0.2) is 9.16 Å². The smallest absolute Gasteiger partial charge is 0.0553 e. The molecule has 46 valence electrons. The van der Waals surface area contributed by atoms with E-state index < -0.39 is 0 Å². The van der Waals surface area contributed by atoms with Crippen LogP contribution in [0, 0.1) is 11.8 Å². The summed E-state index contributed by atoms with van der Waals surface area (Å²) in [6.07, 6.45) is 0. The van der Waals surface area contributed by atoms with Gasteiger partial charge in [-0.25, -0.2) is 0 Å². The van der Waals surface area contributed by atoms with E-state index in [1.807, 2.05) is 0 Å². The van der Waals surface area contributed by atoms with E-state index in [0.29, 0.717) is 0 Å². The SMILES string of the molecule is CC1C2SC(S2)C1C. The topological polar surface area (TPSA) is 0 Å². The molecule has 3 heterocycles. The van der Waals surface area contributed by atoms with Crippen LogP contribution in [0.4, 0.5) is 0 Å². The predicted octanol–water partition coefficient (Wildman–Crippen LogP) is 2.40. The van der Waals surface area contributed by atoms with Crippen LogP contribution in [0.3, 0.4) is 0 Å². The van der Waals surface area contributed by atoms with Gasteiger partial charge in [0.1, 0.15) is 0 Å². The van der Waals surface area contributed by atoms with Gasteiger partial charge in [0.2, 0.25) is 0 Å². The van der Waals surface area contributed by atoms with E-state index in [-0.39, 0.29) is 0 Å². The van der Waals surface area contributed by atoms with Gasteiger partial charge in [-0.05, 0) is 11.8 Å². The first kappa shape index (κ1) is 5.48. The summed E-state index contributed by atoms with van der Waals surface area (Å²) in [6.45, 7) is 4.75. The van der Waals surface area contributed by atoms with Crippen molar-refractivity contribution in [3.05, 3.63) is 0 Å². The fourth-order valence-corrected chi connectivity index (χ4v) is 4.90. The molecule has 2 bridgehead atoms. The maximum atomic E-state index is 2.38. The summed E-state index contributed by atoms with van der Waals surface area (Å²) in [7, 11) is 0. The lowest BCUT2D eigenvalue weighted by Crippen LogP contribution is -2.06. The fraction of sp³-hybridized carbons (Fsp3) is 1.00. The van der Waals surface area contributed by atoms with Crippen molar-refractivity contribution in [2.45, 2.75) is 23.0 Å². The molecule has 3 rings (SSSR count). The molecule has 0 N–H and O–H groups in total. The monoisotopic (exact) mass is 146 g/mol. The molecule has 3 aliphatic rings. The molecule has 2 atom stereocenters. The van der Waals surface area contributed by atoms with Crippen molar-refractivity contribution in [1.82, 2.24) is 0 Å². The standard InChI is InChI=1S/C6H10S2/c1-3-4(2)6-7-5(3)8-6/h3-6H,1-2H3. The van der Waals surface area contributed by atoms with E-state index >= 15 is 0 Å². The predicted molar refractivity (Wildman–Crippen MR) is 41.1 cm³/mol. The third kappa shape index (κ3) is 0.508. The van der Waals surface area contributed by atoms with E-state index in [1.165, 1.54) is 0 Å². The largest absolute Gasteiger partial charge is 0.133 e. The second kappa shape index (κ2) is 1.60.